The minimum Gasteiger partial charge on any atom is -0.452 e. The molecule has 0 unspecified atom stereocenters. The summed E-state index contributed by atoms with van der Waals surface area (Å²) in [6, 6.07) is 15.6. The van der Waals surface area contributed by atoms with Crippen LogP contribution in [0.4, 0.5) is 0 Å². The highest BCUT2D eigenvalue weighted by atomic mass is 16.5. The molecule has 140 valence electrons. The van der Waals surface area contributed by atoms with E-state index in [1.165, 1.54) is 5.56 Å². The lowest BCUT2D eigenvalue weighted by molar-refractivity contribution is -0.124. The summed E-state index contributed by atoms with van der Waals surface area (Å²) < 4.78 is 7.09. The summed E-state index contributed by atoms with van der Waals surface area (Å²) >= 11 is 0. The van der Waals surface area contributed by atoms with Crippen LogP contribution in [0.5, 0.6) is 0 Å². The zero-order chi connectivity index (χ0) is 19.4. The van der Waals surface area contributed by atoms with Crippen molar-refractivity contribution >= 4 is 22.8 Å². The molecule has 3 aromatic rings. The van der Waals surface area contributed by atoms with Crippen molar-refractivity contribution in [2.45, 2.75) is 26.3 Å². The fourth-order valence-electron chi connectivity index (χ4n) is 3.12. The normalized spacial score (nSPS) is 12.0. The van der Waals surface area contributed by atoms with Crippen LogP contribution in [0.15, 0.2) is 54.7 Å². The molecular weight excluding hydrogens is 340 g/mol. The Morgan fingerprint density at radius 1 is 1.11 bits per heavy atom. The van der Waals surface area contributed by atoms with Gasteiger partial charge in [0.15, 0.2) is 6.61 Å². The van der Waals surface area contributed by atoms with E-state index < -0.39 is 5.97 Å². The van der Waals surface area contributed by atoms with Crippen molar-refractivity contribution in [3.8, 4) is 0 Å². The minimum atomic E-state index is -0.498. The Hall–Kier alpha value is -3.08. The van der Waals surface area contributed by atoms with Crippen LogP contribution in [-0.2, 0) is 23.0 Å². The van der Waals surface area contributed by atoms with Crippen molar-refractivity contribution < 1.29 is 14.3 Å². The molecule has 0 spiro atoms. The van der Waals surface area contributed by atoms with Crippen LogP contribution in [0.3, 0.4) is 0 Å². The average molecular weight is 364 g/mol. The van der Waals surface area contributed by atoms with E-state index in [0.717, 1.165) is 22.9 Å². The third-order valence-corrected chi connectivity index (χ3v) is 4.72. The molecule has 1 N–H and O–H groups in total. The number of rotatable bonds is 6. The van der Waals surface area contributed by atoms with E-state index in [9.17, 15) is 9.59 Å². The third kappa shape index (κ3) is 4.19. The van der Waals surface area contributed by atoms with Gasteiger partial charge in [-0.3, -0.25) is 4.79 Å². The maximum atomic E-state index is 12.4. The molecule has 1 aromatic heterocycles. The Bertz CT molecular complexity index is 957. The number of fused-ring (bicyclic) bond motifs is 1. The highest BCUT2D eigenvalue weighted by Crippen LogP contribution is 2.21. The first-order valence-corrected chi connectivity index (χ1v) is 9.09. The highest BCUT2D eigenvalue weighted by Gasteiger charge is 2.17. The molecule has 0 saturated heterocycles. The van der Waals surface area contributed by atoms with Gasteiger partial charge in [-0.05, 0) is 30.5 Å². The molecule has 0 fully saturated rings. The van der Waals surface area contributed by atoms with Crippen molar-refractivity contribution in [3.63, 3.8) is 0 Å². The van der Waals surface area contributed by atoms with Crippen LogP contribution in [0.1, 0.15) is 41.4 Å². The summed E-state index contributed by atoms with van der Waals surface area (Å²) in [6.45, 7) is 3.70. The smallest absolute Gasteiger partial charge is 0.340 e. The van der Waals surface area contributed by atoms with Gasteiger partial charge >= 0.3 is 5.97 Å². The van der Waals surface area contributed by atoms with Crippen molar-refractivity contribution in [2.24, 2.45) is 7.05 Å². The van der Waals surface area contributed by atoms with Crippen LogP contribution in [0, 0.1) is 0 Å². The summed E-state index contributed by atoms with van der Waals surface area (Å²) in [4.78, 5) is 24.5. The summed E-state index contributed by atoms with van der Waals surface area (Å²) in [5.41, 5.74) is 3.67. The molecule has 3 rings (SSSR count). The van der Waals surface area contributed by atoms with Gasteiger partial charge in [-0.1, -0.05) is 49.4 Å². The second kappa shape index (κ2) is 8.08. The van der Waals surface area contributed by atoms with Crippen LogP contribution in [-0.4, -0.2) is 23.1 Å². The first-order valence-electron chi connectivity index (χ1n) is 9.09. The number of nitrogens with one attached hydrogen (secondary N) is 1. The van der Waals surface area contributed by atoms with Crippen LogP contribution in [0.25, 0.3) is 10.9 Å². The summed E-state index contributed by atoms with van der Waals surface area (Å²) in [5.74, 6) is -0.822. The van der Waals surface area contributed by atoms with E-state index >= 15 is 0 Å². The summed E-state index contributed by atoms with van der Waals surface area (Å²) in [5, 5.41) is 3.68. The SMILES string of the molecule is CCc1ccc([C@@H](C)NC(=O)COC(=O)c2cn(C)c3ccccc23)cc1. The lowest BCUT2D eigenvalue weighted by Gasteiger charge is -2.15. The molecule has 0 aliphatic rings. The van der Waals surface area contributed by atoms with E-state index in [4.69, 9.17) is 4.74 Å². The van der Waals surface area contributed by atoms with Gasteiger partial charge in [0.25, 0.3) is 5.91 Å². The number of hydrogen-bond donors (Lipinski definition) is 1. The molecule has 5 nitrogen and oxygen atoms in total. The number of nitrogens with zero attached hydrogens (tertiary/aromatic N) is 1. The molecule has 1 atom stereocenters. The monoisotopic (exact) mass is 364 g/mol. The van der Waals surface area contributed by atoms with Crippen molar-refractivity contribution in [3.05, 3.63) is 71.4 Å². The molecule has 1 amide bonds. The van der Waals surface area contributed by atoms with Crippen molar-refractivity contribution in [1.29, 1.82) is 0 Å². The maximum absolute atomic E-state index is 12.4. The summed E-state index contributed by atoms with van der Waals surface area (Å²) in [6.07, 6.45) is 2.70. The van der Waals surface area contributed by atoms with Gasteiger partial charge < -0.3 is 14.6 Å². The average Bonchev–Trinajstić information content (AvgIpc) is 3.03. The molecular formula is C22H24N2O3. The van der Waals surface area contributed by atoms with Crippen molar-refractivity contribution in [1.82, 2.24) is 9.88 Å². The number of aryl methyl sites for hydroxylation is 2. The number of aromatic nitrogens is 1. The zero-order valence-corrected chi connectivity index (χ0v) is 15.9. The fourth-order valence-corrected chi connectivity index (χ4v) is 3.12. The molecule has 27 heavy (non-hydrogen) atoms. The first-order chi connectivity index (χ1) is 13.0. The van der Waals surface area contributed by atoms with E-state index in [-0.39, 0.29) is 18.6 Å². The molecule has 0 aliphatic heterocycles. The first kappa shape index (κ1) is 18.7. The Morgan fingerprint density at radius 3 is 2.52 bits per heavy atom. The van der Waals surface area contributed by atoms with Gasteiger partial charge in [-0.15, -0.1) is 0 Å². The van der Waals surface area contributed by atoms with Crippen LogP contribution in [0.2, 0.25) is 0 Å². The third-order valence-electron chi connectivity index (χ3n) is 4.72. The van der Waals surface area contributed by atoms with Gasteiger partial charge in [-0.2, -0.15) is 0 Å². The Balaban J connectivity index is 1.58. The Morgan fingerprint density at radius 2 is 1.81 bits per heavy atom. The van der Waals surface area contributed by atoms with Gasteiger partial charge in [0.2, 0.25) is 0 Å². The van der Waals surface area contributed by atoms with E-state index in [0.29, 0.717) is 5.56 Å². The van der Waals surface area contributed by atoms with Crippen molar-refractivity contribution in [2.75, 3.05) is 6.61 Å². The van der Waals surface area contributed by atoms with Gasteiger partial charge in [0, 0.05) is 24.1 Å². The largest absolute Gasteiger partial charge is 0.452 e. The molecule has 0 saturated carbocycles. The molecule has 2 aromatic carbocycles. The Kier molecular flexibility index (Phi) is 5.60. The number of benzene rings is 2. The molecule has 0 aliphatic carbocycles. The number of para-hydroxylation sites is 1. The van der Waals surface area contributed by atoms with Gasteiger partial charge in [0.1, 0.15) is 0 Å². The summed E-state index contributed by atoms with van der Waals surface area (Å²) in [7, 11) is 1.87. The highest BCUT2D eigenvalue weighted by molar-refractivity contribution is 6.04. The van der Waals surface area contributed by atoms with E-state index in [1.54, 1.807) is 6.20 Å². The Labute approximate surface area is 158 Å². The fraction of sp³-hybridized carbons (Fsp3) is 0.273. The quantitative estimate of drug-likeness (QED) is 0.677. The van der Waals surface area contributed by atoms with Crippen LogP contribution >= 0.6 is 0 Å². The second-order valence-corrected chi connectivity index (χ2v) is 6.63. The van der Waals surface area contributed by atoms with E-state index in [1.807, 2.05) is 54.9 Å². The molecule has 1 heterocycles. The zero-order valence-electron chi connectivity index (χ0n) is 15.9. The number of carbonyl (C=O) groups excluding carboxylic acids is 2. The molecule has 0 radical (unpaired) electrons. The molecule has 0 bridgehead atoms. The number of ether oxygens (including phenoxy) is 1. The van der Waals surface area contributed by atoms with E-state index in [2.05, 4.69) is 24.4 Å². The van der Waals surface area contributed by atoms with Gasteiger partial charge in [0.05, 0.1) is 11.6 Å². The molecule has 5 heteroatoms. The lowest BCUT2D eigenvalue weighted by Crippen LogP contribution is -2.31. The predicted molar refractivity (Wildman–Crippen MR) is 106 cm³/mol. The predicted octanol–water partition coefficient (Wildman–Crippen LogP) is 3.77. The number of hydrogen-bond acceptors (Lipinski definition) is 3. The number of amides is 1. The van der Waals surface area contributed by atoms with Gasteiger partial charge in [-0.25, -0.2) is 4.79 Å². The topological polar surface area (TPSA) is 60.3 Å². The lowest BCUT2D eigenvalue weighted by atomic mass is 10.1. The minimum absolute atomic E-state index is 0.153. The number of carbonyl (C=O) groups is 2. The maximum Gasteiger partial charge on any atom is 0.340 e. The standard InChI is InChI=1S/C22H24N2O3/c1-4-16-9-11-17(12-10-16)15(2)23-21(25)14-27-22(26)19-13-24(3)20-8-6-5-7-18(19)20/h5-13,15H,4,14H2,1-3H3,(H,23,25)/t15-/m1/s1. The number of esters is 1. The van der Waals surface area contributed by atoms with Crippen LogP contribution < -0.4 is 5.32 Å². The second-order valence-electron chi connectivity index (χ2n) is 6.63.